The van der Waals surface area contributed by atoms with Gasteiger partial charge in [0.2, 0.25) is 17.6 Å². The number of hydrogen-bond acceptors (Lipinski definition) is 23. The van der Waals surface area contributed by atoms with E-state index < -0.39 is 46.4 Å². The van der Waals surface area contributed by atoms with E-state index in [1.807, 2.05) is 41.5 Å². The number of carbonyl (C=O) groups is 5. The van der Waals surface area contributed by atoms with E-state index in [0.717, 1.165) is 160 Å². The molecular weight excluding hydrogens is 1590 g/mol. The summed E-state index contributed by atoms with van der Waals surface area (Å²) in [6.45, 7) is 11.7. The molecule has 2 aromatic carbocycles. The van der Waals surface area contributed by atoms with Gasteiger partial charge in [0.25, 0.3) is 11.5 Å². The van der Waals surface area contributed by atoms with Crippen LogP contribution in [0.5, 0.6) is 17.6 Å². The van der Waals surface area contributed by atoms with E-state index >= 15 is 0 Å². The first-order chi connectivity index (χ1) is 57.2. The lowest BCUT2D eigenvalue weighted by Crippen LogP contribution is -2.27. The molecule has 0 radical (unpaired) electrons. The fourth-order valence-electron chi connectivity index (χ4n) is 14.3. The van der Waals surface area contributed by atoms with Crippen LogP contribution in [0.1, 0.15) is 195 Å². The molecule has 4 aliphatic rings. The highest BCUT2D eigenvalue weighted by molar-refractivity contribution is 6.16. The predicted molar refractivity (Wildman–Crippen MR) is 436 cm³/mol. The number of carboxylic acids is 1. The first-order valence-corrected chi connectivity index (χ1v) is 40.0. The van der Waals surface area contributed by atoms with Crippen molar-refractivity contribution in [1.29, 1.82) is 0 Å². The van der Waals surface area contributed by atoms with Crippen LogP contribution in [0, 0.1) is 17.5 Å². The van der Waals surface area contributed by atoms with Crippen LogP contribution >= 0.6 is 24.0 Å². The smallest absolute Gasteiger partial charge is 0.328 e. The van der Waals surface area contributed by atoms with Crippen LogP contribution < -0.4 is 25.5 Å². The van der Waals surface area contributed by atoms with Gasteiger partial charge in [0.15, 0.2) is 23.3 Å². The number of rotatable bonds is 25. The molecule has 30 nitrogen and oxygen atoms in total. The van der Waals surface area contributed by atoms with Crippen molar-refractivity contribution in [3.8, 4) is 28.8 Å². The first-order valence-electron chi connectivity index (χ1n) is 39.4. The Hall–Kier alpha value is -12.1. The van der Waals surface area contributed by atoms with Crippen molar-refractivity contribution < 1.29 is 65.9 Å². The molecule has 0 saturated carbocycles. The van der Waals surface area contributed by atoms with Gasteiger partial charge >= 0.3 is 17.9 Å². The Kier molecular flexibility index (Phi) is 32.3. The molecule has 4 N–H and O–H groups in total. The molecular formula is C85H97Cl2F3N18O12. The van der Waals surface area contributed by atoms with Crippen molar-refractivity contribution in [3.05, 3.63) is 242 Å². The zero-order valence-corrected chi connectivity index (χ0v) is 69.2. The maximum atomic E-state index is 14.3. The Bertz CT molecular complexity index is 5310. The number of benzene rings is 2. The topological polar surface area (TPSA) is 385 Å². The number of amides is 1. The van der Waals surface area contributed by atoms with E-state index in [0.29, 0.717) is 69.2 Å². The van der Waals surface area contributed by atoms with E-state index in [4.69, 9.17) is 46.1 Å². The lowest BCUT2D eigenvalue weighted by atomic mass is 9.86. The van der Waals surface area contributed by atoms with Gasteiger partial charge in [-0.2, -0.15) is 0 Å². The summed E-state index contributed by atoms with van der Waals surface area (Å²) in [6, 6.07) is 17.6. The fourth-order valence-corrected chi connectivity index (χ4v) is 14.4. The van der Waals surface area contributed by atoms with Crippen molar-refractivity contribution in [3.63, 3.8) is 0 Å². The van der Waals surface area contributed by atoms with Gasteiger partial charge in [0.1, 0.15) is 73.9 Å². The minimum absolute atomic E-state index is 0. The number of nitrogens with two attached hydrogens (primary N) is 1. The van der Waals surface area contributed by atoms with Crippen LogP contribution in [0.3, 0.4) is 0 Å². The van der Waals surface area contributed by atoms with Crippen molar-refractivity contribution in [2.75, 3.05) is 0 Å². The number of halogens is 5. The third-order valence-corrected chi connectivity index (χ3v) is 19.4. The molecule has 120 heavy (non-hydrogen) atoms. The number of fused-ring (bicyclic) bond motifs is 4. The second-order valence-corrected chi connectivity index (χ2v) is 30.9. The maximum Gasteiger partial charge on any atom is 0.328 e. The van der Waals surface area contributed by atoms with E-state index in [-0.39, 0.29) is 100 Å². The molecule has 9 aromatic heterocycles. The van der Waals surface area contributed by atoms with Gasteiger partial charge in [-0.25, -0.2) is 53.0 Å². The van der Waals surface area contributed by atoms with Crippen molar-refractivity contribution >= 4 is 53.6 Å². The van der Waals surface area contributed by atoms with Gasteiger partial charge in [-0.05, 0) is 216 Å². The standard InChI is InChI=1S/C35H31F3N6O3.C18H24N4O3.C14H16N4O3.C13H20N2O3.C5H5ClN2.ClH/c36-24-14-21(15-25(37)18-24)13-23(33-27(6-3-10-42-33)22-8-9-30(38)29(17-22)34(39)46)16-26(45)19-44-31-7-2-1-5-28(31)35(43-44)47-20-32-40-11-4-12-41-32;1-18(2,3)25-16(23)11-22-14-8-5-4-7-13(14)17(21-22)24-12-15-19-9-6-10-20-15;19-13(20)8-18-11-5-2-1-4-10(11)14(17-18)21-9-12-15-6-3-7-16-12;1-13(2,3)18-11(16)8-15-10-7-5-4-6-9(10)12(17)14-15;6-4-5-7-2-1-3-8-5;/h3-4,6,8-12,14-15,17-18,23H,1-2,5,7,13,16,19-20H2,(H2,39,46);6,9-10H,4-5,7-8,11-12H2,1-3H3;3,6-7H,1-2,4-5,8-9H2,(H,19,20);4-8H2,1-3H3,(H,14,17);1-3H,4H2;1H/t23-;;;;;/m1...../s1. The highest BCUT2D eigenvalue weighted by Crippen LogP contribution is 2.37. The van der Waals surface area contributed by atoms with Gasteiger partial charge in [-0.15, -0.1) is 39.3 Å². The number of ether oxygens (including phenoxy) is 5. The number of hydrogen-bond donors (Lipinski definition) is 3. The molecule has 4 aliphatic carbocycles. The minimum Gasteiger partial charge on any atom is -0.480 e. The Balaban J connectivity index is 0.000000174. The molecule has 0 saturated heterocycles. The number of pyridine rings is 1. The number of aromatic amines is 1. The fraction of sp³-hybridized carbons (Fsp3) is 0.412. The summed E-state index contributed by atoms with van der Waals surface area (Å²) < 4.78 is 77.6. The van der Waals surface area contributed by atoms with E-state index in [9.17, 15) is 41.9 Å². The molecule has 15 rings (SSSR count). The third kappa shape index (κ3) is 26.2. The number of nitrogens with one attached hydrogen (secondary N) is 1. The SMILES string of the molecule is CC(C)(C)OC(=O)Cn1[nH]c(=O)c2c1CCCC2.CC(C)(C)OC(=O)Cn1nc(OCc2ncccn2)c2c1CCCC2.Cl.ClCc1ncccn1.NC(=O)c1cc(-c2cccnc2[C@@H](CC(=O)Cn2nc(OCc3ncccn3)c3c2CCCC3)Cc2cc(F)cc(F)c2)ccc1F.O=C(O)Cn1nc(OCc2ncccn2)c2c1CCCC2. The summed E-state index contributed by atoms with van der Waals surface area (Å²) in [4.78, 5) is 109. The highest BCUT2D eigenvalue weighted by atomic mass is 35.5. The summed E-state index contributed by atoms with van der Waals surface area (Å²) in [5, 5.41) is 25.2. The largest absolute Gasteiger partial charge is 0.480 e. The Morgan fingerprint density at radius 1 is 0.508 bits per heavy atom. The Morgan fingerprint density at radius 2 is 0.917 bits per heavy atom. The molecule has 634 valence electrons. The Morgan fingerprint density at radius 3 is 1.35 bits per heavy atom. The monoisotopic (exact) mass is 1690 g/mol. The van der Waals surface area contributed by atoms with Gasteiger partial charge in [0, 0.05) is 125 Å². The van der Waals surface area contributed by atoms with Crippen LogP contribution in [0.15, 0.2) is 133 Å². The third-order valence-electron chi connectivity index (χ3n) is 19.2. The van der Waals surface area contributed by atoms with Crippen LogP contribution in [-0.4, -0.2) is 130 Å². The van der Waals surface area contributed by atoms with Crippen LogP contribution in [0.4, 0.5) is 13.2 Å². The molecule has 0 bridgehead atoms. The van der Waals surface area contributed by atoms with Gasteiger partial charge in [-0.3, -0.25) is 57.6 Å². The lowest BCUT2D eigenvalue weighted by Gasteiger charge is -2.20. The van der Waals surface area contributed by atoms with Gasteiger partial charge in [0.05, 0.1) is 23.7 Å². The Labute approximate surface area is 702 Å². The average Bonchev–Trinajstić information content (AvgIpc) is 1.39. The van der Waals surface area contributed by atoms with E-state index in [1.165, 1.54) is 28.9 Å². The molecule has 1 amide bonds. The zero-order valence-electron chi connectivity index (χ0n) is 67.7. The van der Waals surface area contributed by atoms with E-state index in [2.05, 4.69) is 65.3 Å². The van der Waals surface area contributed by atoms with Crippen molar-refractivity contribution in [2.45, 2.75) is 226 Å². The van der Waals surface area contributed by atoms with Crippen LogP contribution in [-0.2, 0) is 138 Å². The number of carbonyl (C=O) groups excluding carboxylic acids is 4. The molecule has 1 atom stereocenters. The molecule has 0 aliphatic heterocycles. The number of nitrogens with zero attached hydrogens (tertiary/aromatic N) is 16. The zero-order chi connectivity index (χ0) is 84.6. The highest BCUT2D eigenvalue weighted by Gasteiger charge is 2.31. The second-order valence-electron chi connectivity index (χ2n) is 30.6. The summed E-state index contributed by atoms with van der Waals surface area (Å²) >= 11 is 5.40. The normalized spacial score (nSPS) is 13.4. The number of carboxylic acid groups (broad SMARTS) is 1. The van der Waals surface area contributed by atoms with Crippen LogP contribution in [0.2, 0.25) is 0 Å². The molecule has 0 spiro atoms. The van der Waals surface area contributed by atoms with Crippen molar-refractivity contribution in [1.82, 2.24) is 84.0 Å². The number of aromatic nitrogens is 17. The lowest BCUT2D eigenvalue weighted by molar-refractivity contribution is -0.157. The average molecular weight is 1690 g/mol. The number of esters is 2. The molecule has 9 heterocycles. The number of H-pyrrole nitrogens is 1. The van der Waals surface area contributed by atoms with Gasteiger partial charge in [-0.1, -0.05) is 12.1 Å². The number of alkyl halides is 1. The van der Waals surface area contributed by atoms with E-state index in [1.54, 1.807) is 106 Å². The second kappa shape index (κ2) is 43.0. The molecule has 35 heteroatoms. The number of aliphatic carboxylic acids is 1. The molecule has 11 aromatic rings. The number of ketones is 1. The summed E-state index contributed by atoms with van der Waals surface area (Å²) in [6.07, 6.45) is 29.9. The van der Waals surface area contributed by atoms with Crippen LogP contribution in [0.25, 0.3) is 11.1 Å². The summed E-state index contributed by atoms with van der Waals surface area (Å²) in [5.41, 5.74) is 13.7. The number of primary amides is 1. The van der Waals surface area contributed by atoms with Gasteiger partial charge < -0.3 is 34.5 Å². The number of Topliss-reactive ketones (excluding diaryl/α,β-unsaturated/α-hetero) is 1. The summed E-state index contributed by atoms with van der Waals surface area (Å²) in [7, 11) is 0. The summed E-state index contributed by atoms with van der Waals surface area (Å²) in [5.74, 6) is -1.23. The minimum atomic E-state index is -0.932. The molecule has 0 unspecified atom stereocenters. The first kappa shape index (κ1) is 90.2. The predicted octanol–water partition coefficient (Wildman–Crippen LogP) is 12.4. The quantitative estimate of drug-likeness (QED) is 0.0353. The molecule has 0 fully saturated rings. The maximum absolute atomic E-state index is 14.3. The van der Waals surface area contributed by atoms with Crippen molar-refractivity contribution in [2.24, 2.45) is 5.73 Å².